The molecule has 2 aromatic carbocycles. The number of nitrogens with two attached hydrogens (primary N) is 1. The Hall–Kier alpha value is -3.18. The predicted molar refractivity (Wildman–Crippen MR) is 106 cm³/mol. The molecule has 0 radical (unpaired) electrons. The van der Waals surface area contributed by atoms with Gasteiger partial charge in [-0.1, -0.05) is 30.9 Å². The van der Waals surface area contributed by atoms with Crippen molar-refractivity contribution in [2.24, 2.45) is 5.73 Å². The Kier molecular flexibility index (Phi) is 8.18. The van der Waals surface area contributed by atoms with Crippen molar-refractivity contribution in [2.75, 3.05) is 13.1 Å². The summed E-state index contributed by atoms with van der Waals surface area (Å²) in [5.41, 5.74) is 10.1. The van der Waals surface area contributed by atoms with Crippen molar-refractivity contribution in [1.29, 1.82) is 0 Å². The zero-order chi connectivity index (χ0) is 20.4. The molecule has 7 heteroatoms. The molecule has 0 aromatic heterocycles. The third-order valence-electron chi connectivity index (χ3n) is 4.00. The van der Waals surface area contributed by atoms with Gasteiger partial charge in [0.1, 0.15) is 6.04 Å². The van der Waals surface area contributed by atoms with Crippen molar-refractivity contribution in [3.05, 3.63) is 70.8 Å². The van der Waals surface area contributed by atoms with E-state index in [9.17, 15) is 9.59 Å². The number of rotatable bonds is 7. The molecule has 7 nitrogen and oxygen atoms in total. The highest BCUT2D eigenvalue weighted by molar-refractivity contribution is 5.97. The number of hydroxylamine groups is 1. The normalized spacial score (nSPS) is 11.1. The summed E-state index contributed by atoms with van der Waals surface area (Å²) in [5, 5.41) is 14.4. The van der Waals surface area contributed by atoms with Crippen LogP contribution < -0.4 is 21.8 Å². The van der Waals surface area contributed by atoms with Crippen LogP contribution in [0.3, 0.4) is 0 Å². The average Bonchev–Trinajstić information content (AvgIpc) is 2.74. The summed E-state index contributed by atoms with van der Waals surface area (Å²) in [6.45, 7) is 3.70. The van der Waals surface area contributed by atoms with Gasteiger partial charge in [0.05, 0.1) is 0 Å². The minimum atomic E-state index is -1.01. The molecule has 0 fully saturated rings. The first-order chi connectivity index (χ1) is 13.6. The molecule has 0 aliphatic carbocycles. The molecule has 0 aliphatic rings. The molecule has 0 spiro atoms. The lowest BCUT2D eigenvalue weighted by Crippen LogP contribution is -2.50. The van der Waals surface area contributed by atoms with E-state index in [-0.39, 0.29) is 6.54 Å². The summed E-state index contributed by atoms with van der Waals surface area (Å²) in [7, 11) is 0. The summed E-state index contributed by atoms with van der Waals surface area (Å²) < 4.78 is 0. The van der Waals surface area contributed by atoms with E-state index >= 15 is 0 Å². The van der Waals surface area contributed by atoms with E-state index in [4.69, 9.17) is 10.9 Å². The van der Waals surface area contributed by atoms with Gasteiger partial charge in [0.2, 0.25) is 0 Å². The topological polar surface area (TPSA) is 116 Å². The maximum atomic E-state index is 12.2. The van der Waals surface area contributed by atoms with Crippen LogP contribution in [-0.2, 0) is 11.3 Å². The van der Waals surface area contributed by atoms with E-state index < -0.39 is 17.9 Å². The highest BCUT2D eigenvalue weighted by atomic mass is 16.5. The van der Waals surface area contributed by atoms with Gasteiger partial charge in [-0.05, 0) is 48.5 Å². The zero-order valence-electron chi connectivity index (χ0n) is 15.7. The van der Waals surface area contributed by atoms with E-state index in [1.165, 1.54) is 11.0 Å². The van der Waals surface area contributed by atoms with Crippen LogP contribution in [-0.4, -0.2) is 36.2 Å². The Morgan fingerprint density at radius 2 is 1.61 bits per heavy atom. The molecule has 0 bridgehead atoms. The molecule has 0 heterocycles. The van der Waals surface area contributed by atoms with E-state index in [0.717, 1.165) is 24.2 Å². The lowest BCUT2D eigenvalue weighted by atomic mass is 10.1. The SMILES string of the molecule is CCNCc1ccc(C#Cc2ccc(C(=O)N[C@@H](CN)C(=O)NO)cc2)cc1. The van der Waals surface area contributed by atoms with Crippen molar-refractivity contribution < 1.29 is 14.8 Å². The second-order valence-corrected chi connectivity index (χ2v) is 6.04. The van der Waals surface area contributed by atoms with Gasteiger partial charge in [-0.3, -0.25) is 14.8 Å². The standard InChI is InChI=1S/C21H24N4O3/c1-2-23-14-17-7-5-15(6-8-17)3-4-16-9-11-18(12-10-16)20(26)24-19(13-22)21(27)25-28/h5-12,19,23,28H,2,13-14,22H2,1H3,(H,24,26)(H,25,27)/t19-/m0/s1. The molecule has 0 saturated carbocycles. The number of carbonyl (C=O) groups is 2. The van der Waals surface area contributed by atoms with Gasteiger partial charge in [-0.25, -0.2) is 5.48 Å². The van der Waals surface area contributed by atoms with E-state index in [1.54, 1.807) is 24.3 Å². The third-order valence-corrected chi connectivity index (χ3v) is 4.00. The smallest absolute Gasteiger partial charge is 0.267 e. The number of amides is 2. The first kappa shape index (κ1) is 21.1. The summed E-state index contributed by atoms with van der Waals surface area (Å²) in [6, 6.07) is 13.7. The zero-order valence-corrected chi connectivity index (χ0v) is 15.7. The van der Waals surface area contributed by atoms with E-state index in [2.05, 4.69) is 29.4 Å². The van der Waals surface area contributed by atoms with Crippen molar-refractivity contribution in [1.82, 2.24) is 16.1 Å². The van der Waals surface area contributed by atoms with Crippen LogP contribution in [0.25, 0.3) is 0 Å². The van der Waals surface area contributed by atoms with Crippen LogP contribution in [0.5, 0.6) is 0 Å². The number of carbonyl (C=O) groups excluding carboxylic acids is 2. The third kappa shape index (κ3) is 6.21. The van der Waals surface area contributed by atoms with Crippen molar-refractivity contribution in [3.63, 3.8) is 0 Å². The van der Waals surface area contributed by atoms with Crippen molar-refractivity contribution in [3.8, 4) is 11.8 Å². The number of hydrogen-bond donors (Lipinski definition) is 5. The average molecular weight is 380 g/mol. The fraction of sp³-hybridized carbons (Fsp3) is 0.238. The number of benzene rings is 2. The first-order valence-corrected chi connectivity index (χ1v) is 8.94. The van der Waals surface area contributed by atoms with Gasteiger partial charge in [0.25, 0.3) is 11.8 Å². The van der Waals surface area contributed by atoms with Gasteiger partial charge in [0.15, 0.2) is 0 Å². The summed E-state index contributed by atoms with van der Waals surface area (Å²) in [6.07, 6.45) is 0. The largest absolute Gasteiger partial charge is 0.339 e. The van der Waals surface area contributed by atoms with Crippen LogP contribution >= 0.6 is 0 Å². The highest BCUT2D eigenvalue weighted by Gasteiger charge is 2.19. The molecule has 1 atom stereocenters. The molecule has 28 heavy (non-hydrogen) atoms. The molecule has 2 amide bonds. The summed E-state index contributed by atoms with van der Waals surface area (Å²) in [4.78, 5) is 23.5. The molecule has 0 saturated heterocycles. The quantitative estimate of drug-likeness (QED) is 0.276. The second kappa shape index (κ2) is 10.8. The Labute approximate surface area is 164 Å². The number of hydrogen-bond acceptors (Lipinski definition) is 5. The Balaban J connectivity index is 2.00. The van der Waals surface area contributed by atoms with Crippen LogP contribution in [0, 0.1) is 11.8 Å². The fourth-order valence-electron chi connectivity index (χ4n) is 2.38. The Bertz CT molecular complexity index is 852. The molecular formula is C21H24N4O3. The summed E-state index contributed by atoms with van der Waals surface area (Å²) in [5.74, 6) is 4.91. The molecule has 146 valence electrons. The predicted octanol–water partition coefficient (Wildman–Crippen LogP) is 0.758. The van der Waals surface area contributed by atoms with Gasteiger partial charge >= 0.3 is 0 Å². The van der Waals surface area contributed by atoms with Gasteiger partial charge < -0.3 is 16.4 Å². The minimum absolute atomic E-state index is 0.130. The minimum Gasteiger partial charge on any atom is -0.339 e. The molecule has 6 N–H and O–H groups in total. The van der Waals surface area contributed by atoms with Crippen LogP contribution in [0.1, 0.15) is 34.0 Å². The van der Waals surface area contributed by atoms with Crippen LogP contribution in [0.2, 0.25) is 0 Å². The lowest BCUT2D eigenvalue weighted by Gasteiger charge is -2.14. The molecule has 0 aliphatic heterocycles. The van der Waals surface area contributed by atoms with Crippen LogP contribution in [0.15, 0.2) is 48.5 Å². The van der Waals surface area contributed by atoms with Gasteiger partial charge in [-0.15, -0.1) is 0 Å². The Morgan fingerprint density at radius 1 is 1.04 bits per heavy atom. The maximum Gasteiger partial charge on any atom is 0.267 e. The fourth-order valence-corrected chi connectivity index (χ4v) is 2.38. The molecule has 0 unspecified atom stereocenters. The molecule has 2 rings (SSSR count). The van der Waals surface area contributed by atoms with Gasteiger partial charge in [0, 0.05) is 29.8 Å². The van der Waals surface area contributed by atoms with Crippen molar-refractivity contribution >= 4 is 11.8 Å². The lowest BCUT2D eigenvalue weighted by molar-refractivity contribution is -0.130. The second-order valence-electron chi connectivity index (χ2n) is 6.04. The summed E-state index contributed by atoms with van der Waals surface area (Å²) >= 11 is 0. The van der Waals surface area contributed by atoms with Gasteiger partial charge in [-0.2, -0.15) is 0 Å². The number of nitrogens with one attached hydrogen (secondary N) is 3. The molecule has 2 aromatic rings. The van der Waals surface area contributed by atoms with E-state index in [1.807, 2.05) is 24.3 Å². The Morgan fingerprint density at radius 3 is 2.11 bits per heavy atom. The monoisotopic (exact) mass is 380 g/mol. The van der Waals surface area contributed by atoms with E-state index in [0.29, 0.717) is 5.56 Å². The van der Waals surface area contributed by atoms with Crippen LogP contribution in [0.4, 0.5) is 0 Å². The highest BCUT2D eigenvalue weighted by Crippen LogP contribution is 2.06. The van der Waals surface area contributed by atoms with Crippen molar-refractivity contribution in [2.45, 2.75) is 19.5 Å². The maximum absolute atomic E-state index is 12.2. The first-order valence-electron chi connectivity index (χ1n) is 8.94. The molecular weight excluding hydrogens is 356 g/mol.